The van der Waals surface area contributed by atoms with E-state index in [0.717, 1.165) is 45.2 Å². The lowest BCUT2D eigenvalue weighted by molar-refractivity contribution is -0.124. The van der Waals surface area contributed by atoms with Crippen LogP contribution < -0.4 is 5.32 Å². The summed E-state index contributed by atoms with van der Waals surface area (Å²) in [4.78, 5) is 27.1. The van der Waals surface area contributed by atoms with Crippen LogP contribution in [0, 0.1) is 5.92 Å². The number of hydrogen-bond donors (Lipinski definition) is 1. The summed E-state index contributed by atoms with van der Waals surface area (Å²) >= 11 is 0. The number of benzene rings is 2. The monoisotopic (exact) mass is 392 g/mol. The lowest BCUT2D eigenvalue weighted by atomic mass is 9.90. The number of anilines is 1. The third-order valence-corrected chi connectivity index (χ3v) is 5.87. The largest absolute Gasteiger partial charge is 0.368 e. The minimum Gasteiger partial charge on any atom is -0.368 e. The molecule has 1 unspecified atom stereocenters. The maximum Gasteiger partial charge on any atom is 0.253 e. The van der Waals surface area contributed by atoms with Crippen molar-refractivity contribution >= 4 is 17.5 Å². The Balaban J connectivity index is 1.32. The van der Waals surface area contributed by atoms with Gasteiger partial charge >= 0.3 is 0 Å². The second-order valence-corrected chi connectivity index (χ2v) is 8.00. The van der Waals surface area contributed by atoms with E-state index in [4.69, 9.17) is 4.74 Å². The highest BCUT2D eigenvalue weighted by Crippen LogP contribution is 2.24. The van der Waals surface area contributed by atoms with Crippen LogP contribution in [0.25, 0.3) is 0 Å². The van der Waals surface area contributed by atoms with Crippen molar-refractivity contribution in [1.82, 2.24) is 4.90 Å². The fraction of sp³-hybridized carbons (Fsp3) is 0.417. The van der Waals surface area contributed by atoms with E-state index in [1.165, 1.54) is 5.56 Å². The molecule has 0 radical (unpaired) electrons. The average molecular weight is 392 g/mol. The Bertz CT molecular complexity index is 838. The lowest BCUT2D eigenvalue weighted by Crippen LogP contribution is -2.39. The maximum atomic E-state index is 12.9. The van der Waals surface area contributed by atoms with Crippen molar-refractivity contribution in [1.29, 1.82) is 0 Å². The zero-order chi connectivity index (χ0) is 20.1. The quantitative estimate of drug-likeness (QED) is 0.840. The standard InChI is InChI=1S/C24H28N2O3/c27-23(22-10-5-15-29-22)25-21-9-4-8-20(17-21)24(28)26-13-11-19(12-14-26)16-18-6-2-1-3-7-18/h1-4,6-9,17,19,22H,5,10-16H2,(H,25,27). The maximum absolute atomic E-state index is 12.9. The van der Waals surface area contributed by atoms with Gasteiger partial charge in [-0.15, -0.1) is 0 Å². The van der Waals surface area contributed by atoms with E-state index in [0.29, 0.717) is 23.8 Å². The molecule has 2 fully saturated rings. The van der Waals surface area contributed by atoms with E-state index in [9.17, 15) is 9.59 Å². The van der Waals surface area contributed by atoms with Gasteiger partial charge in [-0.25, -0.2) is 0 Å². The summed E-state index contributed by atoms with van der Waals surface area (Å²) in [7, 11) is 0. The van der Waals surface area contributed by atoms with Gasteiger partial charge in [0.15, 0.2) is 0 Å². The molecule has 2 aliphatic heterocycles. The van der Waals surface area contributed by atoms with Crippen molar-refractivity contribution in [2.75, 3.05) is 25.0 Å². The van der Waals surface area contributed by atoms with Crippen LogP contribution >= 0.6 is 0 Å². The highest BCUT2D eigenvalue weighted by atomic mass is 16.5. The van der Waals surface area contributed by atoms with Crippen molar-refractivity contribution in [3.8, 4) is 0 Å². The van der Waals surface area contributed by atoms with Crippen LogP contribution in [-0.2, 0) is 16.0 Å². The number of nitrogens with one attached hydrogen (secondary N) is 1. The van der Waals surface area contributed by atoms with E-state index in [1.807, 2.05) is 29.2 Å². The fourth-order valence-corrected chi connectivity index (χ4v) is 4.21. The predicted octanol–water partition coefficient (Wildman–Crippen LogP) is 3.90. The minimum atomic E-state index is -0.377. The van der Waals surface area contributed by atoms with Crippen LogP contribution in [0.1, 0.15) is 41.6 Å². The van der Waals surface area contributed by atoms with Crippen molar-refractivity contribution in [2.45, 2.75) is 38.2 Å². The number of likely N-dealkylation sites (tertiary alicyclic amines) is 1. The topological polar surface area (TPSA) is 58.6 Å². The summed E-state index contributed by atoms with van der Waals surface area (Å²) in [6.07, 6.45) is 4.41. The van der Waals surface area contributed by atoms with Crippen LogP contribution in [0.15, 0.2) is 54.6 Å². The van der Waals surface area contributed by atoms with Crippen molar-refractivity contribution in [3.05, 3.63) is 65.7 Å². The molecule has 4 rings (SSSR count). The van der Waals surface area contributed by atoms with E-state index in [2.05, 4.69) is 29.6 Å². The van der Waals surface area contributed by atoms with E-state index >= 15 is 0 Å². The predicted molar refractivity (Wildman–Crippen MR) is 113 cm³/mol. The molecule has 2 amide bonds. The van der Waals surface area contributed by atoms with Gasteiger partial charge in [0, 0.05) is 30.9 Å². The summed E-state index contributed by atoms with van der Waals surface area (Å²) in [6, 6.07) is 17.8. The molecular weight excluding hydrogens is 364 g/mol. The fourth-order valence-electron chi connectivity index (χ4n) is 4.21. The number of piperidine rings is 1. The number of nitrogens with zero attached hydrogens (tertiary/aromatic N) is 1. The number of carbonyl (C=O) groups is 2. The molecule has 0 saturated carbocycles. The molecule has 0 bridgehead atoms. The Hall–Kier alpha value is -2.66. The van der Waals surface area contributed by atoms with Gasteiger partial charge < -0.3 is 15.0 Å². The van der Waals surface area contributed by atoms with E-state index in [1.54, 1.807) is 6.07 Å². The van der Waals surface area contributed by atoms with Gasteiger partial charge in [-0.05, 0) is 61.8 Å². The summed E-state index contributed by atoms with van der Waals surface area (Å²) in [6.45, 7) is 2.20. The Kier molecular flexibility index (Phi) is 6.25. The van der Waals surface area contributed by atoms with Crippen molar-refractivity contribution < 1.29 is 14.3 Å². The first-order chi connectivity index (χ1) is 14.2. The third-order valence-electron chi connectivity index (χ3n) is 5.87. The third kappa shape index (κ3) is 5.04. The van der Waals surface area contributed by atoms with Gasteiger partial charge in [0.05, 0.1) is 0 Å². The van der Waals surface area contributed by atoms with Gasteiger partial charge in [0.1, 0.15) is 6.10 Å². The number of amides is 2. The molecule has 0 spiro atoms. The van der Waals surface area contributed by atoms with Gasteiger partial charge in [0.25, 0.3) is 11.8 Å². The second-order valence-electron chi connectivity index (χ2n) is 8.00. The number of hydrogen-bond acceptors (Lipinski definition) is 3. The Labute approximate surface area is 172 Å². The van der Waals surface area contributed by atoms with Crippen molar-refractivity contribution in [3.63, 3.8) is 0 Å². The van der Waals surface area contributed by atoms with Crippen LogP contribution in [0.5, 0.6) is 0 Å². The van der Waals surface area contributed by atoms with Gasteiger partial charge in [-0.2, -0.15) is 0 Å². The molecule has 2 aromatic carbocycles. The molecule has 5 nitrogen and oxygen atoms in total. The smallest absolute Gasteiger partial charge is 0.253 e. The average Bonchev–Trinajstić information content (AvgIpc) is 3.30. The molecule has 5 heteroatoms. The molecule has 0 aliphatic carbocycles. The van der Waals surface area contributed by atoms with E-state index < -0.39 is 0 Å². The van der Waals surface area contributed by atoms with Crippen LogP contribution in [-0.4, -0.2) is 42.5 Å². The van der Waals surface area contributed by atoms with Crippen LogP contribution in [0.2, 0.25) is 0 Å². The molecule has 2 aliphatic rings. The molecule has 29 heavy (non-hydrogen) atoms. The number of carbonyl (C=O) groups excluding carboxylic acids is 2. The Morgan fingerprint density at radius 1 is 1.00 bits per heavy atom. The first kappa shape index (κ1) is 19.6. The molecular formula is C24H28N2O3. The molecule has 2 heterocycles. The summed E-state index contributed by atoms with van der Waals surface area (Å²) in [5, 5.41) is 2.88. The molecule has 1 N–H and O–H groups in total. The zero-order valence-electron chi connectivity index (χ0n) is 16.7. The first-order valence-corrected chi connectivity index (χ1v) is 10.5. The molecule has 0 aromatic heterocycles. The summed E-state index contributed by atoms with van der Waals surface area (Å²) < 4.78 is 5.43. The van der Waals surface area contributed by atoms with Crippen LogP contribution in [0.3, 0.4) is 0 Å². The molecule has 2 saturated heterocycles. The zero-order valence-corrected chi connectivity index (χ0v) is 16.7. The van der Waals surface area contributed by atoms with Gasteiger partial charge in [-0.3, -0.25) is 9.59 Å². The highest BCUT2D eigenvalue weighted by molar-refractivity contribution is 5.98. The highest BCUT2D eigenvalue weighted by Gasteiger charge is 2.25. The Morgan fingerprint density at radius 3 is 2.52 bits per heavy atom. The molecule has 1 atom stereocenters. The molecule has 152 valence electrons. The van der Waals surface area contributed by atoms with Crippen LogP contribution in [0.4, 0.5) is 5.69 Å². The van der Waals surface area contributed by atoms with Gasteiger partial charge in [0.2, 0.25) is 0 Å². The summed E-state index contributed by atoms with van der Waals surface area (Å²) in [5.41, 5.74) is 2.64. The number of ether oxygens (including phenoxy) is 1. The Morgan fingerprint density at radius 2 is 1.79 bits per heavy atom. The van der Waals surface area contributed by atoms with Gasteiger partial charge in [-0.1, -0.05) is 36.4 Å². The normalized spacial score (nSPS) is 19.9. The van der Waals surface area contributed by atoms with Crippen molar-refractivity contribution in [2.24, 2.45) is 5.92 Å². The summed E-state index contributed by atoms with van der Waals surface area (Å²) in [5.74, 6) is 0.531. The lowest BCUT2D eigenvalue weighted by Gasteiger charge is -2.32. The van der Waals surface area contributed by atoms with E-state index in [-0.39, 0.29) is 17.9 Å². The molecule has 2 aromatic rings. The first-order valence-electron chi connectivity index (χ1n) is 10.5. The SMILES string of the molecule is O=C(Nc1cccc(C(=O)N2CCC(Cc3ccccc3)CC2)c1)C1CCCO1. The number of rotatable bonds is 5. The minimum absolute atomic E-state index is 0.0383. The second kappa shape index (κ2) is 9.23.